The van der Waals surface area contributed by atoms with E-state index in [9.17, 15) is 4.79 Å². The van der Waals surface area contributed by atoms with E-state index in [0.717, 1.165) is 33.8 Å². The van der Waals surface area contributed by atoms with Crippen LogP contribution in [0.15, 0.2) is 30.3 Å². The molecule has 0 fully saturated rings. The second-order valence-corrected chi connectivity index (χ2v) is 7.96. The summed E-state index contributed by atoms with van der Waals surface area (Å²) in [5.41, 5.74) is 1.93. The third-order valence-electron chi connectivity index (χ3n) is 4.32. The first-order chi connectivity index (χ1) is 12.4. The fraction of sp³-hybridized carbons (Fsp3) is 0.400. The van der Waals surface area contributed by atoms with E-state index in [0.29, 0.717) is 10.8 Å². The average Bonchev–Trinajstić information content (AvgIpc) is 3.16. The van der Waals surface area contributed by atoms with Gasteiger partial charge >= 0.3 is 0 Å². The van der Waals surface area contributed by atoms with Crippen LogP contribution in [0, 0.1) is 12.8 Å². The largest absolute Gasteiger partial charge is 0.496 e. The van der Waals surface area contributed by atoms with Crippen molar-refractivity contribution in [2.45, 2.75) is 40.3 Å². The molecule has 0 bridgehead atoms. The van der Waals surface area contributed by atoms with Gasteiger partial charge in [-0.15, -0.1) is 11.3 Å². The minimum Gasteiger partial charge on any atom is -0.496 e. The van der Waals surface area contributed by atoms with Crippen LogP contribution in [0.25, 0.3) is 10.2 Å². The van der Waals surface area contributed by atoms with Gasteiger partial charge in [0.25, 0.3) is 5.91 Å². The Morgan fingerprint density at radius 2 is 2.04 bits per heavy atom. The fourth-order valence-electron chi connectivity index (χ4n) is 3.06. The molecule has 0 saturated heterocycles. The van der Waals surface area contributed by atoms with Gasteiger partial charge in [-0.3, -0.25) is 9.48 Å². The Balaban J connectivity index is 1.83. The maximum Gasteiger partial charge on any atom is 0.261 e. The Bertz CT molecular complexity index is 926. The number of hydrogen-bond acceptors (Lipinski definition) is 4. The van der Waals surface area contributed by atoms with Crippen molar-refractivity contribution in [2.75, 3.05) is 7.11 Å². The lowest BCUT2D eigenvalue weighted by atomic mass is 10.1. The van der Waals surface area contributed by atoms with Gasteiger partial charge in [0, 0.05) is 17.5 Å². The number of fused-ring (bicyclic) bond motifs is 1. The minimum atomic E-state index is -0.142. The number of aryl methyl sites for hydroxylation is 1. The predicted octanol–water partition coefficient (Wildman–Crippen LogP) is 4.56. The molecule has 5 nitrogen and oxygen atoms in total. The van der Waals surface area contributed by atoms with Crippen molar-refractivity contribution >= 4 is 27.5 Å². The summed E-state index contributed by atoms with van der Waals surface area (Å²) < 4.78 is 7.41. The first-order valence-electron chi connectivity index (χ1n) is 8.81. The Labute approximate surface area is 158 Å². The number of nitrogens with one attached hydrogen (secondary N) is 1. The highest BCUT2D eigenvalue weighted by molar-refractivity contribution is 7.20. The molecule has 0 saturated carbocycles. The van der Waals surface area contributed by atoms with Crippen LogP contribution in [0.5, 0.6) is 5.75 Å². The maximum atomic E-state index is 12.8. The van der Waals surface area contributed by atoms with Crippen LogP contribution in [0.4, 0.5) is 0 Å². The molecule has 3 rings (SSSR count). The molecule has 1 N–H and O–H groups in total. The number of amides is 1. The topological polar surface area (TPSA) is 56.1 Å². The highest BCUT2D eigenvalue weighted by atomic mass is 32.1. The standard InChI is InChI=1S/C20H25N3O2S/c1-12(2)11-23-20-16(14(4)22-23)10-18(26-20)19(24)21-13(3)15-8-6-7-9-17(15)25-5/h6-10,12-13H,11H2,1-5H3,(H,21,24)/t13-/m1/s1. The zero-order valence-corrected chi connectivity index (χ0v) is 16.7. The summed E-state index contributed by atoms with van der Waals surface area (Å²) in [6.45, 7) is 9.14. The number of carbonyl (C=O) groups excluding carboxylic acids is 1. The first-order valence-corrected chi connectivity index (χ1v) is 9.63. The van der Waals surface area contributed by atoms with Crippen LogP contribution in [-0.2, 0) is 6.54 Å². The number of nitrogens with zero attached hydrogens (tertiary/aromatic N) is 2. The van der Waals surface area contributed by atoms with Gasteiger partial charge in [-0.05, 0) is 31.9 Å². The van der Waals surface area contributed by atoms with E-state index >= 15 is 0 Å². The van der Waals surface area contributed by atoms with E-state index < -0.39 is 0 Å². The number of ether oxygens (including phenoxy) is 1. The van der Waals surface area contributed by atoms with E-state index in [1.807, 2.05) is 48.9 Å². The number of aromatic nitrogens is 2. The fourth-order valence-corrected chi connectivity index (χ4v) is 4.14. The number of thiophene rings is 1. The number of rotatable bonds is 6. The summed E-state index contributed by atoms with van der Waals surface area (Å²) in [5, 5.41) is 8.74. The Morgan fingerprint density at radius 3 is 2.73 bits per heavy atom. The zero-order valence-electron chi connectivity index (χ0n) is 15.9. The molecule has 0 aliphatic carbocycles. The van der Waals surface area contributed by atoms with Crippen molar-refractivity contribution in [3.05, 3.63) is 46.5 Å². The molecule has 0 unspecified atom stereocenters. The monoisotopic (exact) mass is 371 g/mol. The van der Waals surface area contributed by atoms with Gasteiger partial charge < -0.3 is 10.1 Å². The SMILES string of the molecule is COc1ccccc1[C@@H](C)NC(=O)c1cc2c(C)nn(CC(C)C)c2s1. The van der Waals surface area contributed by atoms with Crippen LogP contribution in [0.3, 0.4) is 0 Å². The minimum absolute atomic E-state index is 0.0693. The number of benzene rings is 1. The second-order valence-electron chi connectivity index (χ2n) is 6.93. The van der Waals surface area contributed by atoms with Gasteiger partial charge in [0.1, 0.15) is 10.6 Å². The highest BCUT2D eigenvalue weighted by Gasteiger charge is 2.19. The van der Waals surface area contributed by atoms with Crippen molar-refractivity contribution < 1.29 is 9.53 Å². The van der Waals surface area contributed by atoms with E-state index in [1.165, 1.54) is 11.3 Å². The van der Waals surface area contributed by atoms with Gasteiger partial charge in [-0.2, -0.15) is 5.10 Å². The van der Waals surface area contributed by atoms with Crippen molar-refractivity contribution in [1.82, 2.24) is 15.1 Å². The molecule has 0 radical (unpaired) electrons. The van der Waals surface area contributed by atoms with E-state index in [-0.39, 0.29) is 11.9 Å². The summed E-state index contributed by atoms with van der Waals surface area (Å²) >= 11 is 1.50. The summed E-state index contributed by atoms with van der Waals surface area (Å²) in [5.74, 6) is 1.21. The number of para-hydroxylation sites is 1. The summed E-state index contributed by atoms with van der Waals surface area (Å²) in [6.07, 6.45) is 0. The van der Waals surface area contributed by atoms with Gasteiger partial charge in [-0.25, -0.2) is 0 Å². The maximum absolute atomic E-state index is 12.8. The molecule has 1 atom stereocenters. The first kappa shape index (κ1) is 18.5. The molecule has 0 aliphatic rings. The van der Waals surface area contributed by atoms with Gasteiger partial charge in [0.15, 0.2) is 0 Å². The quantitative estimate of drug-likeness (QED) is 0.691. The van der Waals surface area contributed by atoms with Crippen LogP contribution in [0.1, 0.15) is 47.7 Å². The Hall–Kier alpha value is -2.34. The van der Waals surface area contributed by atoms with E-state index in [4.69, 9.17) is 4.74 Å². The third kappa shape index (κ3) is 3.60. The third-order valence-corrected chi connectivity index (χ3v) is 5.47. The van der Waals surface area contributed by atoms with Crippen molar-refractivity contribution in [2.24, 2.45) is 5.92 Å². The molecule has 6 heteroatoms. The summed E-state index contributed by atoms with van der Waals surface area (Å²) in [7, 11) is 1.64. The smallest absolute Gasteiger partial charge is 0.261 e. The average molecular weight is 372 g/mol. The molecule has 0 spiro atoms. The molecule has 26 heavy (non-hydrogen) atoms. The highest BCUT2D eigenvalue weighted by Crippen LogP contribution is 2.30. The molecule has 1 amide bonds. The molecule has 2 heterocycles. The molecule has 3 aromatic rings. The molecular formula is C20H25N3O2S. The Kier molecular flexibility index (Phi) is 5.32. The second kappa shape index (κ2) is 7.50. The normalized spacial score (nSPS) is 12.5. The summed E-state index contributed by atoms with van der Waals surface area (Å²) in [4.78, 5) is 14.5. The van der Waals surface area contributed by atoms with Crippen molar-refractivity contribution in [3.63, 3.8) is 0 Å². The lowest BCUT2D eigenvalue weighted by molar-refractivity contribution is 0.0943. The zero-order chi connectivity index (χ0) is 18.8. The van der Waals surface area contributed by atoms with E-state index in [1.54, 1.807) is 7.11 Å². The molecule has 1 aromatic carbocycles. The van der Waals surface area contributed by atoms with Crippen LogP contribution >= 0.6 is 11.3 Å². The molecule has 0 aliphatic heterocycles. The Morgan fingerprint density at radius 1 is 1.31 bits per heavy atom. The number of methoxy groups -OCH3 is 1. The predicted molar refractivity (Wildman–Crippen MR) is 106 cm³/mol. The lowest BCUT2D eigenvalue weighted by Gasteiger charge is -2.16. The van der Waals surface area contributed by atoms with Crippen molar-refractivity contribution in [1.29, 1.82) is 0 Å². The van der Waals surface area contributed by atoms with Crippen molar-refractivity contribution in [3.8, 4) is 5.75 Å². The van der Waals surface area contributed by atoms with Crippen LogP contribution in [0.2, 0.25) is 0 Å². The van der Waals surface area contributed by atoms with Crippen LogP contribution in [-0.4, -0.2) is 22.8 Å². The molecular weight excluding hydrogens is 346 g/mol. The van der Waals surface area contributed by atoms with Gasteiger partial charge in [0.05, 0.1) is 23.7 Å². The summed E-state index contributed by atoms with van der Waals surface area (Å²) in [6, 6.07) is 9.55. The van der Waals surface area contributed by atoms with E-state index in [2.05, 4.69) is 24.3 Å². The number of hydrogen-bond donors (Lipinski definition) is 1. The van der Waals surface area contributed by atoms with Crippen LogP contribution < -0.4 is 10.1 Å². The molecule has 138 valence electrons. The molecule has 2 aromatic heterocycles. The van der Waals surface area contributed by atoms with Gasteiger partial charge in [0.2, 0.25) is 0 Å². The van der Waals surface area contributed by atoms with Gasteiger partial charge in [-0.1, -0.05) is 32.0 Å². The lowest BCUT2D eigenvalue weighted by Crippen LogP contribution is -2.26. The number of carbonyl (C=O) groups is 1.